The molecule has 10 heteroatoms. The third-order valence-corrected chi connectivity index (χ3v) is 5.18. The van der Waals surface area contributed by atoms with Crippen LogP contribution in [0.4, 0.5) is 4.39 Å². The van der Waals surface area contributed by atoms with Gasteiger partial charge in [-0.2, -0.15) is 0 Å². The van der Waals surface area contributed by atoms with Crippen molar-refractivity contribution in [2.75, 3.05) is 27.2 Å². The summed E-state index contributed by atoms with van der Waals surface area (Å²) in [7, 11) is 2.77. The van der Waals surface area contributed by atoms with Crippen LogP contribution in [-0.2, 0) is 0 Å². The molecule has 9 nitrogen and oxygen atoms in total. The summed E-state index contributed by atoms with van der Waals surface area (Å²) in [4.78, 5) is 38.5. The lowest BCUT2D eigenvalue weighted by atomic mass is 10.00. The number of benzene rings is 2. The minimum atomic E-state index is -0.923. The molecule has 0 bridgehead atoms. The highest BCUT2D eigenvalue weighted by atomic mass is 19.1. The van der Waals surface area contributed by atoms with Crippen molar-refractivity contribution in [2.24, 2.45) is 5.73 Å². The van der Waals surface area contributed by atoms with Gasteiger partial charge in [0.15, 0.2) is 17.3 Å². The van der Waals surface area contributed by atoms with Gasteiger partial charge in [0.2, 0.25) is 0 Å². The van der Waals surface area contributed by atoms with Crippen molar-refractivity contribution < 1.29 is 28.6 Å². The molecule has 2 heterocycles. The van der Waals surface area contributed by atoms with Crippen LogP contribution < -0.4 is 21.1 Å². The number of carbonyl (C=O) groups is 3. The van der Waals surface area contributed by atoms with Crippen LogP contribution in [0.25, 0.3) is 0 Å². The Morgan fingerprint density at radius 3 is 2.28 bits per heavy atom. The molecule has 4 rings (SSSR count). The molecule has 1 saturated heterocycles. The van der Waals surface area contributed by atoms with Crippen LogP contribution in [0.2, 0.25) is 0 Å². The molecule has 190 valence electrons. The maximum absolute atomic E-state index is 14.3. The van der Waals surface area contributed by atoms with E-state index in [1.54, 1.807) is 24.5 Å². The Hall–Kier alpha value is -4.15. The average molecular weight is 497 g/mol. The Balaban J connectivity index is 0.000000384. The summed E-state index contributed by atoms with van der Waals surface area (Å²) in [5.41, 5.74) is 5.27. The number of nitrogens with one attached hydrogen (secondary N) is 2. The number of pyridine rings is 1. The maximum atomic E-state index is 14.3. The Morgan fingerprint density at radius 1 is 1.11 bits per heavy atom. The fourth-order valence-electron chi connectivity index (χ4n) is 3.33. The summed E-state index contributed by atoms with van der Waals surface area (Å²) in [6, 6.07) is 11.7. The number of ether oxygens (including phenoxy) is 1. The van der Waals surface area contributed by atoms with E-state index in [1.807, 2.05) is 0 Å². The molecule has 1 amide bonds. The smallest absolute Gasteiger partial charge is 0.251 e. The lowest BCUT2D eigenvalue weighted by Gasteiger charge is -2.12. The number of ketones is 1. The summed E-state index contributed by atoms with van der Waals surface area (Å²) < 4.78 is 19.2. The topological polar surface area (TPSA) is 144 Å². The minimum Gasteiger partial charge on any atom is -0.507 e. The Morgan fingerprint density at radius 2 is 1.75 bits per heavy atom. The van der Waals surface area contributed by atoms with Gasteiger partial charge in [-0.1, -0.05) is 12.1 Å². The zero-order valence-corrected chi connectivity index (χ0v) is 20.0. The van der Waals surface area contributed by atoms with Crippen molar-refractivity contribution in [3.05, 3.63) is 89.0 Å². The van der Waals surface area contributed by atoms with Crippen LogP contribution in [0.5, 0.6) is 11.5 Å². The fourth-order valence-corrected chi connectivity index (χ4v) is 3.33. The summed E-state index contributed by atoms with van der Waals surface area (Å²) in [5.74, 6) is -2.44. The first kappa shape index (κ1) is 28.1. The normalized spacial score (nSPS) is 13.8. The predicted molar refractivity (Wildman–Crippen MR) is 133 cm³/mol. The number of nitrogens with zero attached hydrogens (tertiary/aromatic N) is 1. The number of halogens is 1. The number of aromatic nitrogens is 1. The molecule has 0 spiro atoms. The summed E-state index contributed by atoms with van der Waals surface area (Å²) >= 11 is 0. The zero-order chi connectivity index (χ0) is 26.5. The van der Waals surface area contributed by atoms with E-state index in [9.17, 15) is 23.9 Å². The van der Waals surface area contributed by atoms with Crippen LogP contribution in [0.3, 0.4) is 0 Å². The SMILES string of the molecule is CN.COc1ccc(O)c(C(=O)c2ccc(C(=O)NC3CCNC3)cc2)c1F.O=Cc1ccncc1. The number of rotatable bonds is 6. The number of phenols is 1. The summed E-state index contributed by atoms with van der Waals surface area (Å²) in [5, 5.41) is 15.9. The van der Waals surface area contributed by atoms with E-state index in [4.69, 9.17) is 4.74 Å². The van der Waals surface area contributed by atoms with Crippen molar-refractivity contribution >= 4 is 18.0 Å². The van der Waals surface area contributed by atoms with Crippen LogP contribution in [0.1, 0.15) is 43.1 Å². The number of methoxy groups -OCH3 is 1. The van der Waals surface area contributed by atoms with Gasteiger partial charge in [-0.25, -0.2) is 4.39 Å². The number of amides is 1. The Kier molecular flexibility index (Phi) is 11.2. The Bertz CT molecular complexity index is 1150. The first-order valence-corrected chi connectivity index (χ1v) is 11.1. The van der Waals surface area contributed by atoms with E-state index in [1.165, 1.54) is 50.6 Å². The van der Waals surface area contributed by atoms with Gasteiger partial charge in [-0.05, 0) is 56.4 Å². The molecule has 0 aliphatic carbocycles. The molecular formula is C26H29FN4O5. The predicted octanol–water partition coefficient (Wildman–Crippen LogP) is 2.33. The molecule has 1 aromatic heterocycles. The first-order valence-electron chi connectivity index (χ1n) is 11.1. The highest BCUT2D eigenvalue weighted by molar-refractivity contribution is 6.11. The van der Waals surface area contributed by atoms with Gasteiger partial charge < -0.3 is 26.2 Å². The van der Waals surface area contributed by atoms with Crippen molar-refractivity contribution in [2.45, 2.75) is 12.5 Å². The van der Waals surface area contributed by atoms with E-state index in [-0.39, 0.29) is 23.3 Å². The lowest BCUT2D eigenvalue weighted by molar-refractivity contribution is 0.0938. The molecule has 36 heavy (non-hydrogen) atoms. The highest BCUT2D eigenvalue weighted by Crippen LogP contribution is 2.30. The molecule has 1 aliphatic heterocycles. The maximum Gasteiger partial charge on any atom is 0.251 e. The molecule has 2 aromatic carbocycles. The van der Waals surface area contributed by atoms with Gasteiger partial charge in [0.25, 0.3) is 5.91 Å². The number of phenolic OH excluding ortho intramolecular Hbond substituents is 1. The first-order chi connectivity index (χ1) is 17.4. The van der Waals surface area contributed by atoms with Crippen LogP contribution in [0.15, 0.2) is 60.9 Å². The van der Waals surface area contributed by atoms with E-state index in [0.29, 0.717) is 11.1 Å². The molecule has 0 saturated carbocycles. The van der Waals surface area contributed by atoms with E-state index < -0.39 is 22.9 Å². The third-order valence-electron chi connectivity index (χ3n) is 5.18. The molecule has 1 unspecified atom stereocenters. The van der Waals surface area contributed by atoms with Gasteiger partial charge in [0.1, 0.15) is 17.6 Å². The second kappa shape index (κ2) is 14.3. The summed E-state index contributed by atoms with van der Waals surface area (Å²) in [6.45, 7) is 1.60. The quantitative estimate of drug-likeness (QED) is 0.301. The van der Waals surface area contributed by atoms with Crippen molar-refractivity contribution in [3.8, 4) is 11.5 Å². The zero-order valence-electron chi connectivity index (χ0n) is 20.0. The number of hydrogen-bond donors (Lipinski definition) is 4. The standard InChI is InChI=1S/C19H19FN2O4.C6H5NO.CH5N/c1-26-15-7-6-14(23)16(17(15)20)18(24)11-2-4-12(5-3-11)19(25)22-13-8-9-21-10-13;8-5-6-1-3-7-4-2-6;1-2/h2-7,13,21,23H,8-10H2,1H3,(H,22,25);1-5H;2H2,1H3. The van der Waals surface area contributed by atoms with Gasteiger partial charge in [0, 0.05) is 41.7 Å². The van der Waals surface area contributed by atoms with Crippen molar-refractivity contribution in [1.29, 1.82) is 0 Å². The van der Waals surface area contributed by atoms with Crippen molar-refractivity contribution in [1.82, 2.24) is 15.6 Å². The number of aromatic hydroxyl groups is 1. The van der Waals surface area contributed by atoms with E-state index in [2.05, 4.69) is 21.4 Å². The third kappa shape index (κ3) is 7.42. The van der Waals surface area contributed by atoms with Gasteiger partial charge >= 0.3 is 0 Å². The van der Waals surface area contributed by atoms with Crippen LogP contribution >= 0.6 is 0 Å². The van der Waals surface area contributed by atoms with Crippen LogP contribution in [0, 0.1) is 5.82 Å². The molecule has 1 aliphatic rings. The number of hydrogen-bond acceptors (Lipinski definition) is 8. The van der Waals surface area contributed by atoms with Crippen LogP contribution in [-0.4, -0.2) is 61.4 Å². The number of nitrogens with two attached hydrogens (primary N) is 1. The Labute approximate surface area is 208 Å². The number of carbonyl (C=O) groups excluding carboxylic acids is 3. The molecule has 1 fully saturated rings. The molecule has 3 aromatic rings. The van der Waals surface area contributed by atoms with E-state index in [0.717, 1.165) is 25.8 Å². The second-order valence-corrected chi connectivity index (χ2v) is 7.44. The van der Waals surface area contributed by atoms with Crippen molar-refractivity contribution in [3.63, 3.8) is 0 Å². The largest absolute Gasteiger partial charge is 0.507 e. The molecule has 1 atom stereocenters. The molecule has 5 N–H and O–H groups in total. The van der Waals surface area contributed by atoms with Gasteiger partial charge in [0.05, 0.1) is 7.11 Å². The highest BCUT2D eigenvalue weighted by Gasteiger charge is 2.23. The van der Waals surface area contributed by atoms with E-state index >= 15 is 0 Å². The number of aldehydes is 1. The minimum absolute atomic E-state index is 0.0895. The van der Waals surface area contributed by atoms with Gasteiger partial charge in [-0.3, -0.25) is 19.4 Å². The summed E-state index contributed by atoms with van der Waals surface area (Å²) in [6.07, 6.45) is 4.84. The molecule has 0 radical (unpaired) electrons. The lowest BCUT2D eigenvalue weighted by Crippen LogP contribution is -2.36. The second-order valence-electron chi connectivity index (χ2n) is 7.44. The monoisotopic (exact) mass is 496 g/mol. The van der Waals surface area contributed by atoms with Gasteiger partial charge in [-0.15, -0.1) is 0 Å². The molecular weight excluding hydrogens is 467 g/mol. The fraction of sp³-hybridized carbons (Fsp3) is 0.231. The average Bonchev–Trinajstić information content (AvgIpc) is 3.44.